The molecule has 12 heavy (non-hydrogen) atoms. The summed E-state index contributed by atoms with van der Waals surface area (Å²) in [5, 5.41) is 0. The van der Waals surface area contributed by atoms with Gasteiger partial charge in [-0.3, -0.25) is 4.39 Å². The summed E-state index contributed by atoms with van der Waals surface area (Å²) < 4.78 is 11.8. The fourth-order valence-electron chi connectivity index (χ4n) is 1.60. The lowest BCUT2D eigenvalue weighted by atomic mass is 9.99. The first-order valence-corrected chi connectivity index (χ1v) is 4.60. The highest BCUT2D eigenvalue weighted by Crippen LogP contribution is 2.14. The Morgan fingerprint density at radius 1 is 1.42 bits per heavy atom. The second-order valence-electron chi connectivity index (χ2n) is 3.36. The van der Waals surface area contributed by atoms with Crippen LogP contribution in [0.4, 0.5) is 4.39 Å². The van der Waals surface area contributed by atoms with Gasteiger partial charge in [-0.15, -0.1) is 0 Å². The van der Waals surface area contributed by atoms with E-state index in [1.165, 1.54) is 0 Å². The number of rotatable bonds is 4. The Bertz CT molecular complexity index is 132. The van der Waals surface area contributed by atoms with Gasteiger partial charge in [0, 0.05) is 12.5 Å². The third-order valence-corrected chi connectivity index (χ3v) is 2.43. The largest absolute Gasteiger partial charge is 0.303 e. The van der Waals surface area contributed by atoms with Crippen molar-refractivity contribution in [1.82, 2.24) is 4.90 Å². The number of alkyl halides is 1. The van der Waals surface area contributed by atoms with E-state index in [-0.39, 0.29) is 12.6 Å². The lowest BCUT2D eigenvalue weighted by molar-refractivity contribution is -0.112. The van der Waals surface area contributed by atoms with Gasteiger partial charge in [0.05, 0.1) is 6.67 Å². The van der Waals surface area contributed by atoms with Crippen LogP contribution in [0.5, 0.6) is 0 Å². The van der Waals surface area contributed by atoms with Crippen LogP contribution in [0, 0.1) is 5.92 Å². The Hall–Kier alpha value is -0.440. The van der Waals surface area contributed by atoms with E-state index >= 15 is 0 Å². The van der Waals surface area contributed by atoms with Gasteiger partial charge in [0.1, 0.15) is 6.29 Å². The molecule has 0 aromatic carbocycles. The van der Waals surface area contributed by atoms with Crippen molar-refractivity contribution in [2.45, 2.75) is 19.3 Å². The number of hydrogen-bond donors (Lipinski definition) is 0. The van der Waals surface area contributed by atoms with Gasteiger partial charge in [-0.25, -0.2) is 0 Å². The molecule has 0 aromatic rings. The van der Waals surface area contributed by atoms with Crippen LogP contribution in [0.2, 0.25) is 0 Å². The van der Waals surface area contributed by atoms with Crippen molar-refractivity contribution in [2.24, 2.45) is 5.92 Å². The molecular weight excluding hydrogens is 157 g/mol. The van der Waals surface area contributed by atoms with Crippen LogP contribution < -0.4 is 0 Å². The van der Waals surface area contributed by atoms with Crippen molar-refractivity contribution in [3.63, 3.8) is 0 Å². The summed E-state index contributed by atoms with van der Waals surface area (Å²) in [5.41, 5.74) is 0. The maximum absolute atomic E-state index is 11.8. The summed E-state index contributed by atoms with van der Waals surface area (Å²) in [6, 6.07) is 0. The molecule has 0 aromatic heterocycles. The van der Waals surface area contributed by atoms with E-state index in [1.807, 2.05) is 0 Å². The van der Waals surface area contributed by atoms with Crippen molar-refractivity contribution >= 4 is 6.29 Å². The molecule has 0 radical (unpaired) electrons. The molecule has 0 unspecified atom stereocenters. The van der Waals surface area contributed by atoms with Crippen LogP contribution in [0.3, 0.4) is 0 Å². The van der Waals surface area contributed by atoms with E-state index in [9.17, 15) is 9.18 Å². The quantitative estimate of drug-likeness (QED) is 0.596. The highest BCUT2D eigenvalue weighted by atomic mass is 19.1. The average molecular weight is 173 g/mol. The number of piperidine rings is 1. The molecule has 0 bridgehead atoms. The predicted octanol–water partition coefficient (Wildman–Crippen LogP) is 1.26. The number of halogens is 1. The molecule has 0 spiro atoms. The summed E-state index contributed by atoms with van der Waals surface area (Å²) in [7, 11) is 0. The minimum Gasteiger partial charge on any atom is -0.303 e. The molecule has 0 amide bonds. The van der Waals surface area contributed by atoms with Crippen molar-refractivity contribution < 1.29 is 9.18 Å². The maximum Gasteiger partial charge on any atom is 0.123 e. The summed E-state index contributed by atoms with van der Waals surface area (Å²) in [6.07, 6.45) is 3.59. The molecule has 1 saturated heterocycles. The molecule has 1 aliphatic rings. The molecule has 1 rings (SSSR count). The summed E-state index contributed by atoms with van der Waals surface area (Å²) in [4.78, 5) is 12.6. The van der Waals surface area contributed by atoms with Crippen molar-refractivity contribution in [3.8, 4) is 0 Å². The summed E-state index contributed by atoms with van der Waals surface area (Å²) >= 11 is 0. The number of carbonyl (C=O) groups is 1. The van der Waals surface area contributed by atoms with Gasteiger partial charge < -0.3 is 9.69 Å². The Balaban J connectivity index is 2.12. The predicted molar refractivity (Wildman–Crippen MR) is 45.8 cm³/mol. The third kappa shape index (κ3) is 2.89. The Morgan fingerprint density at radius 3 is 2.58 bits per heavy atom. The van der Waals surface area contributed by atoms with E-state index in [0.29, 0.717) is 6.42 Å². The molecule has 0 atom stereocenters. The van der Waals surface area contributed by atoms with Crippen LogP contribution in [-0.4, -0.2) is 37.5 Å². The molecule has 1 fully saturated rings. The number of aldehydes is 1. The van der Waals surface area contributed by atoms with Gasteiger partial charge in [-0.1, -0.05) is 0 Å². The first-order chi connectivity index (χ1) is 5.86. The lowest BCUT2D eigenvalue weighted by Crippen LogP contribution is -2.34. The van der Waals surface area contributed by atoms with Crippen LogP contribution in [0.25, 0.3) is 0 Å². The van der Waals surface area contributed by atoms with Gasteiger partial charge in [-0.05, 0) is 32.4 Å². The van der Waals surface area contributed by atoms with Gasteiger partial charge in [-0.2, -0.15) is 0 Å². The third-order valence-electron chi connectivity index (χ3n) is 2.43. The minimum atomic E-state index is -0.229. The molecule has 0 N–H and O–H groups in total. The first kappa shape index (κ1) is 9.65. The fraction of sp³-hybridized carbons (Fsp3) is 0.889. The second kappa shape index (κ2) is 5.25. The number of carbonyl (C=O) groups excluding carboxylic acids is 1. The van der Waals surface area contributed by atoms with Gasteiger partial charge in [0.25, 0.3) is 0 Å². The zero-order valence-corrected chi connectivity index (χ0v) is 7.34. The van der Waals surface area contributed by atoms with E-state index in [4.69, 9.17) is 0 Å². The van der Waals surface area contributed by atoms with E-state index < -0.39 is 0 Å². The zero-order valence-electron chi connectivity index (χ0n) is 7.34. The van der Waals surface area contributed by atoms with Gasteiger partial charge >= 0.3 is 0 Å². The second-order valence-corrected chi connectivity index (χ2v) is 3.36. The highest BCUT2D eigenvalue weighted by molar-refractivity contribution is 5.53. The normalized spacial score (nSPS) is 21.1. The molecule has 3 heteroatoms. The minimum absolute atomic E-state index is 0.229. The summed E-state index contributed by atoms with van der Waals surface area (Å²) in [6.45, 7) is 2.54. The van der Waals surface area contributed by atoms with Crippen LogP contribution in [0.1, 0.15) is 19.3 Å². The maximum atomic E-state index is 11.8. The van der Waals surface area contributed by atoms with Gasteiger partial charge in [0.2, 0.25) is 0 Å². The molecule has 2 nitrogen and oxygen atoms in total. The molecule has 0 aliphatic carbocycles. The lowest BCUT2D eigenvalue weighted by Gasteiger charge is -2.29. The molecule has 1 aliphatic heterocycles. The Morgan fingerprint density at radius 2 is 2.08 bits per heavy atom. The first-order valence-electron chi connectivity index (χ1n) is 4.60. The van der Waals surface area contributed by atoms with Crippen LogP contribution >= 0.6 is 0 Å². The van der Waals surface area contributed by atoms with Crippen LogP contribution in [0.15, 0.2) is 0 Å². The number of hydrogen-bond acceptors (Lipinski definition) is 2. The Kier molecular flexibility index (Phi) is 4.22. The molecule has 70 valence electrons. The van der Waals surface area contributed by atoms with E-state index in [0.717, 1.165) is 38.8 Å². The van der Waals surface area contributed by atoms with Crippen LogP contribution in [-0.2, 0) is 4.79 Å². The number of nitrogens with zero attached hydrogens (tertiary/aromatic N) is 1. The Labute approximate surface area is 72.7 Å². The SMILES string of the molecule is O=CC1CCN(CCCF)CC1. The fourth-order valence-corrected chi connectivity index (χ4v) is 1.60. The standard InChI is InChI=1S/C9H16FNO/c10-4-1-5-11-6-2-9(8-12)3-7-11/h8-9H,1-7H2. The van der Waals surface area contributed by atoms with Crippen molar-refractivity contribution in [2.75, 3.05) is 26.3 Å². The molecule has 1 heterocycles. The molecular formula is C9H16FNO. The van der Waals surface area contributed by atoms with Crippen molar-refractivity contribution in [3.05, 3.63) is 0 Å². The summed E-state index contributed by atoms with van der Waals surface area (Å²) in [5.74, 6) is 0.256. The molecule has 0 saturated carbocycles. The van der Waals surface area contributed by atoms with E-state index in [1.54, 1.807) is 0 Å². The highest BCUT2D eigenvalue weighted by Gasteiger charge is 2.17. The smallest absolute Gasteiger partial charge is 0.123 e. The average Bonchev–Trinajstić information content (AvgIpc) is 2.15. The number of likely N-dealkylation sites (tertiary alicyclic amines) is 1. The van der Waals surface area contributed by atoms with Crippen molar-refractivity contribution in [1.29, 1.82) is 0 Å². The van der Waals surface area contributed by atoms with E-state index in [2.05, 4.69) is 4.90 Å². The topological polar surface area (TPSA) is 20.3 Å². The monoisotopic (exact) mass is 173 g/mol. The zero-order chi connectivity index (χ0) is 8.81. The van der Waals surface area contributed by atoms with Gasteiger partial charge in [0.15, 0.2) is 0 Å².